The lowest BCUT2D eigenvalue weighted by Gasteiger charge is -2.05. The van der Waals surface area contributed by atoms with E-state index >= 15 is 0 Å². The van der Waals surface area contributed by atoms with Crippen molar-refractivity contribution < 1.29 is 9.53 Å². The van der Waals surface area contributed by atoms with Crippen molar-refractivity contribution in [2.45, 2.75) is 0 Å². The van der Waals surface area contributed by atoms with Gasteiger partial charge in [-0.2, -0.15) is 5.26 Å². The van der Waals surface area contributed by atoms with Gasteiger partial charge in [-0.25, -0.2) is 0 Å². The number of anilines is 1. The van der Waals surface area contributed by atoms with E-state index in [1.54, 1.807) is 42.6 Å². The van der Waals surface area contributed by atoms with Gasteiger partial charge in [0.05, 0.1) is 11.6 Å². The lowest BCUT2D eigenvalue weighted by atomic mass is 10.2. The highest BCUT2D eigenvalue weighted by Crippen LogP contribution is 2.13. The van der Waals surface area contributed by atoms with Crippen LogP contribution in [0.15, 0.2) is 48.7 Å². The minimum absolute atomic E-state index is 0.189. The maximum Gasteiger partial charge on any atom is 0.264 e. The van der Waals surface area contributed by atoms with E-state index in [4.69, 9.17) is 10.00 Å². The Labute approximate surface area is 137 Å². The molecule has 0 atom stereocenters. The van der Waals surface area contributed by atoms with Gasteiger partial charge in [-0.3, -0.25) is 15.1 Å². The number of aromatic amines is 1. The minimum atomic E-state index is -0.386. The molecular weight excluding hydrogens is 308 g/mol. The number of hydrogen-bond donors (Lipinski definition) is 2. The Morgan fingerprint density at radius 2 is 2.04 bits per heavy atom. The smallest absolute Gasteiger partial charge is 0.264 e. The largest absolute Gasteiger partial charge is 0.484 e. The Balaban J connectivity index is 1.55. The summed E-state index contributed by atoms with van der Waals surface area (Å²) in [5.41, 5.74) is 1.15. The van der Waals surface area contributed by atoms with E-state index < -0.39 is 0 Å². The molecule has 118 valence electrons. The normalized spacial score (nSPS) is 9.96. The number of rotatable bonds is 5. The molecule has 0 radical (unpaired) electrons. The molecule has 0 bridgehead atoms. The lowest BCUT2D eigenvalue weighted by Crippen LogP contribution is -2.20. The molecular formula is C16H12N6O2. The van der Waals surface area contributed by atoms with Crippen LogP contribution in [-0.4, -0.2) is 32.7 Å². The van der Waals surface area contributed by atoms with Crippen LogP contribution in [0.5, 0.6) is 5.75 Å². The van der Waals surface area contributed by atoms with E-state index in [0.29, 0.717) is 22.8 Å². The summed E-state index contributed by atoms with van der Waals surface area (Å²) in [5.74, 6) is 0.780. The molecule has 0 aliphatic heterocycles. The summed E-state index contributed by atoms with van der Waals surface area (Å²) in [6.45, 7) is -0.189. The van der Waals surface area contributed by atoms with Gasteiger partial charge in [0.1, 0.15) is 11.4 Å². The summed E-state index contributed by atoms with van der Waals surface area (Å²) >= 11 is 0. The van der Waals surface area contributed by atoms with Gasteiger partial charge in [-0.15, -0.1) is 10.2 Å². The van der Waals surface area contributed by atoms with Crippen molar-refractivity contribution in [1.29, 1.82) is 5.26 Å². The van der Waals surface area contributed by atoms with Crippen LogP contribution in [0.1, 0.15) is 5.56 Å². The van der Waals surface area contributed by atoms with Crippen molar-refractivity contribution in [3.63, 3.8) is 0 Å². The van der Waals surface area contributed by atoms with Crippen molar-refractivity contribution in [3.05, 3.63) is 54.2 Å². The zero-order valence-electron chi connectivity index (χ0n) is 12.4. The number of ether oxygens (including phenoxy) is 1. The molecule has 3 aromatic rings. The lowest BCUT2D eigenvalue weighted by molar-refractivity contribution is -0.118. The van der Waals surface area contributed by atoms with E-state index in [1.807, 2.05) is 12.1 Å². The fourth-order valence-electron chi connectivity index (χ4n) is 1.88. The number of benzene rings is 1. The van der Waals surface area contributed by atoms with Crippen LogP contribution < -0.4 is 10.1 Å². The molecule has 8 heteroatoms. The highest BCUT2D eigenvalue weighted by molar-refractivity contribution is 5.90. The Morgan fingerprint density at radius 3 is 2.75 bits per heavy atom. The maximum atomic E-state index is 11.9. The topological polar surface area (TPSA) is 117 Å². The summed E-state index contributed by atoms with van der Waals surface area (Å²) < 4.78 is 5.34. The number of carbonyl (C=O) groups is 1. The van der Waals surface area contributed by atoms with Gasteiger partial charge in [-0.05, 0) is 36.4 Å². The number of H-pyrrole nitrogens is 1. The number of amides is 1. The summed E-state index contributed by atoms with van der Waals surface area (Å²) in [4.78, 5) is 18.9. The number of aromatic nitrogens is 4. The Kier molecular flexibility index (Phi) is 4.44. The number of carbonyl (C=O) groups excluding carboxylic acids is 1. The summed E-state index contributed by atoms with van der Waals surface area (Å²) in [7, 11) is 0. The van der Waals surface area contributed by atoms with Crippen LogP contribution >= 0.6 is 0 Å². The first-order valence-electron chi connectivity index (χ1n) is 7.01. The van der Waals surface area contributed by atoms with Crippen LogP contribution in [-0.2, 0) is 4.79 Å². The minimum Gasteiger partial charge on any atom is -0.484 e. The third-order valence-corrected chi connectivity index (χ3v) is 3.01. The fourth-order valence-corrected chi connectivity index (χ4v) is 1.88. The fraction of sp³-hybridized carbons (Fsp3) is 0.0625. The van der Waals surface area contributed by atoms with Gasteiger partial charge in [0.25, 0.3) is 5.91 Å². The van der Waals surface area contributed by atoms with Crippen molar-refractivity contribution >= 4 is 11.9 Å². The molecule has 0 spiro atoms. The molecule has 0 saturated heterocycles. The second kappa shape index (κ2) is 7.02. The summed E-state index contributed by atoms with van der Waals surface area (Å²) in [6, 6.07) is 13.9. The van der Waals surface area contributed by atoms with Gasteiger partial charge in [-0.1, -0.05) is 6.07 Å². The average molecular weight is 320 g/mol. The van der Waals surface area contributed by atoms with Crippen LogP contribution in [0, 0.1) is 11.3 Å². The summed E-state index contributed by atoms with van der Waals surface area (Å²) in [6.07, 6.45) is 1.64. The Bertz CT molecular complexity index is 868. The van der Waals surface area contributed by atoms with E-state index in [1.165, 1.54) is 0 Å². The Hall–Kier alpha value is -3.73. The summed E-state index contributed by atoms with van der Waals surface area (Å²) in [5, 5.41) is 19.0. The molecule has 0 aliphatic rings. The molecule has 2 aromatic heterocycles. The van der Waals surface area contributed by atoms with E-state index in [9.17, 15) is 4.79 Å². The second-order valence-electron chi connectivity index (χ2n) is 4.71. The monoisotopic (exact) mass is 320 g/mol. The van der Waals surface area contributed by atoms with Crippen LogP contribution in [0.25, 0.3) is 11.5 Å². The molecule has 24 heavy (non-hydrogen) atoms. The number of pyridine rings is 1. The van der Waals surface area contributed by atoms with Crippen LogP contribution in [0.2, 0.25) is 0 Å². The van der Waals surface area contributed by atoms with Gasteiger partial charge < -0.3 is 9.72 Å². The molecule has 0 aliphatic carbocycles. The molecule has 1 amide bonds. The Morgan fingerprint density at radius 1 is 1.21 bits per heavy atom. The number of nitriles is 1. The standard InChI is InChI=1S/C16H12N6O2/c17-9-11-4-6-12(7-5-11)24-10-14(23)19-16-20-15(21-22-16)13-3-1-2-8-18-13/h1-8H,10H2,(H2,19,20,21,22,23). The van der Waals surface area contributed by atoms with Crippen molar-refractivity contribution in [2.24, 2.45) is 0 Å². The zero-order valence-corrected chi connectivity index (χ0v) is 12.4. The van der Waals surface area contributed by atoms with Crippen molar-refractivity contribution in [2.75, 3.05) is 11.9 Å². The van der Waals surface area contributed by atoms with E-state index in [0.717, 1.165) is 0 Å². The molecule has 1 aromatic carbocycles. The van der Waals surface area contributed by atoms with E-state index in [-0.39, 0.29) is 18.5 Å². The quantitative estimate of drug-likeness (QED) is 0.739. The van der Waals surface area contributed by atoms with Crippen LogP contribution in [0.3, 0.4) is 0 Å². The number of nitrogens with zero attached hydrogens (tertiary/aromatic N) is 4. The molecule has 0 fully saturated rings. The molecule has 0 saturated carbocycles. The SMILES string of the molecule is N#Cc1ccc(OCC(=O)Nc2nnc(-c3ccccn3)[nH]2)cc1. The predicted octanol–water partition coefficient (Wildman–Crippen LogP) is 1.76. The highest BCUT2D eigenvalue weighted by Gasteiger charge is 2.09. The molecule has 2 N–H and O–H groups in total. The number of nitrogens with one attached hydrogen (secondary N) is 2. The van der Waals surface area contributed by atoms with Crippen LogP contribution in [0.4, 0.5) is 5.95 Å². The van der Waals surface area contributed by atoms with Gasteiger partial charge >= 0.3 is 0 Å². The molecule has 3 rings (SSSR count). The maximum absolute atomic E-state index is 11.9. The molecule has 0 unspecified atom stereocenters. The van der Waals surface area contributed by atoms with Gasteiger partial charge in [0, 0.05) is 6.20 Å². The first-order chi connectivity index (χ1) is 11.7. The molecule has 2 heterocycles. The third kappa shape index (κ3) is 3.72. The zero-order chi connectivity index (χ0) is 16.8. The average Bonchev–Trinajstić information content (AvgIpc) is 3.09. The first kappa shape index (κ1) is 15.2. The first-order valence-corrected chi connectivity index (χ1v) is 7.01. The number of hydrogen-bond acceptors (Lipinski definition) is 6. The second-order valence-corrected chi connectivity index (χ2v) is 4.71. The highest BCUT2D eigenvalue weighted by atomic mass is 16.5. The third-order valence-electron chi connectivity index (χ3n) is 3.01. The predicted molar refractivity (Wildman–Crippen MR) is 84.9 cm³/mol. The van der Waals surface area contributed by atoms with Crippen molar-refractivity contribution in [1.82, 2.24) is 20.2 Å². The molecule has 8 nitrogen and oxygen atoms in total. The van der Waals surface area contributed by atoms with Crippen molar-refractivity contribution in [3.8, 4) is 23.3 Å². The van der Waals surface area contributed by atoms with Gasteiger partial charge in [0.15, 0.2) is 12.4 Å². The van der Waals surface area contributed by atoms with Gasteiger partial charge in [0.2, 0.25) is 5.95 Å². The van der Waals surface area contributed by atoms with E-state index in [2.05, 4.69) is 25.5 Å².